The average molecular weight is 428 g/mol. The predicted octanol–water partition coefficient (Wildman–Crippen LogP) is 3.52. The smallest absolute Gasteiger partial charge is 0.243 e. The zero-order valence-electron chi connectivity index (χ0n) is 17.6. The molecule has 0 spiro atoms. The predicted molar refractivity (Wildman–Crippen MR) is 118 cm³/mol. The fraction of sp³-hybridized carbons (Fsp3) is 0.478. The molecule has 7 heteroatoms. The summed E-state index contributed by atoms with van der Waals surface area (Å²) in [6, 6.07) is 14.5. The van der Waals surface area contributed by atoms with Crippen molar-refractivity contribution in [2.45, 2.75) is 43.8 Å². The van der Waals surface area contributed by atoms with E-state index in [0.717, 1.165) is 30.8 Å². The van der Waals surface area contributed by atoms with Gasteiger partial charge in [0.2, 0.25) is 10.0 Å². The zero-order chi connectivity index (χ0) is 20.9. The molecule has 0 aromatic heterocycles. The van der Waals surface area contributed by atoms with Crippen LogP contribution in [0.1, 0.15) is 36.9 Å². The SMILES string of the molecule is Cc1ccc([C@@H](C)N2c3cc(S(=O)(=O)N4CCOCC4)ccc3N3CCC[C@@H]32)cc1. The first kappa shape index (κ1) is 19.8. The van der Waals surface area contributed by atoms with E-state index in [0.29, 0.717) is 31.2 Å². The highest BCUT2D eigenvalue weighted by Crippen LogP contribution is 2.48. The van der Waals surface area contributed by atoms with Gasteiger partial charge in [0.1, 0.15) is 6.17 Å². The number of sulfonamides is 1. The first-order valence-corrected chi connectivity index (χ1v) is 12.2. The summed E-state index contributed by atoms with van der Waals surface area (Å²) in [7, 11) is -3.52. The summed E-state index contributed by atoms with van der Waals surface area (Å²) in [4.78, 5) is 5.24. The molecule has 2 fully saturated rings. The van der Waals surface area contributed by atoms with Crippen molar-refractivity contribution in [3.63, 3.8) is 0 Å². The Morgan fingerprint density at radius 3 is 2.47 bits per heavy atom. The molecule has 5 rings (SSSR count). The van der Waals surface area contributed by atoms with Gasteiger partial charge in [-0.05, 0) is 50.5 Å². The summed E-state index contributed by atoms with van der Waals surface area (Å²) >= 11 is 0. The Morgan fingerprint density at radius 1 is 1.00 bits per heavy atom. The van der Waals surface area contributed by atoms with E-state index in [1.165, 1.54) is 11.1 Å². The number of anilines is 2. The number of hydrogen-bond donors (Lipinski definition) is 0. The van der Waals surface area contributed by atoms with Crippen molar-refractivity contribution in [2.75, 3.05) is 42.6 Å². The maximum atomic E-state index is 13.3. The Hall–Kier alpha value is -2.09. The molecule has 2 atom stereocenters. The summed E-state index contributed by atoms with van der Waals surface area (Å²) in [5.74, 6) is 0. The lowest BCUT2D eigenvalue weighted by Gasteiger charge is -2.33. The zero-order valence-corrected chi connectivity index (χ0v) is 18.4. The minimum absolute atomic E-state index is 0.166. The maximum Gasteiger partial charge on any atom is 0.243 e. The normalized spacial score (nSPS) is 22.8. The van der Waals surface area contributed by atoms with E-state index < -0.39 is 10.0 Å². The number of rotatable bonds is 4. The van der Waals surface area contributed by atoms with E-state index in [-0.39, 0.29) is 12.2 Å². The van der Waals surface area contributed by atoms with Crippen molar-refractivity contribution in [1.29, 1.82) is 0 Å². The molecule has 0 radical (unpaired) electrons. The molecule has 6 nitrogen and oxygen atoms in total. The van der Waals surface area contributed by atoms with Gasteiger partial charge in [-0.2, -0.15) is 4.31 Å². The lowest BCUT2D eigenvalue weighted by molar-refractivity contribution is 0.0730. The van der Waals surface area contributed by atoms with Crippen LogP contribution in [-0.2, 0) is 14.8 Å². The summed E-state index contributed by atoms with van der Waals surface area (Å²) in [6.45, 7) is 7.08. The van der Waals surface area contributed by atoms with Crippen LogP contribution in [0, 0.1) is 6.92 Å². The number of hydrogen-bond acceptors (Lipinski definition) is 5. The van der Waals surface area contributed by atoms with Gasteiger partial charge in [0, 0.05) is 19.6 Å². The Labute approximate surface area is 179 Å². The van der Waals surface area contributed by atoms with Crippen molar-refractivity contribution in [2.24, 2.45) is 0 Å². The third-order valence-electron chi connectivity index (χ3n) is 6.66. The van der Waals surface area contributed by atoms with E-state index in [1.54, 1.807) is 10.4 Å². The number of morpholine rings is 1. The quantitative estimate of drug-likeness (QED) is 0.747. The Bertz CT molecular complexity index is 1030. The van der Waals surface area contributed by atoms with Crippen molar-refractivity contribution in [3.05, 3.63) is 53.6 Å². The molecule has 2 aromatic rings. The molecular formula is C23H29N3O3S. The molecule has 0 N–H and O–H groups in total. The number of benzene rings is 2. The number of aryl methyl sites for hydroxylation is 1. The molecular weight excluding hydrogens is 398 g/mol. The molecule has 3 aliphatic heterocycles. The minimum atomic E-state index is -3.52. The highest BCUT2D eigenvalue weighted by molar-refractivity contribution is 7.89. The fourth-order valence-corrected chi connectivity index (χ4v) is 6.43. The molecule has 2 saturated heterocycles. The van der Waals surface area contributed by atoms with Gasteiger partial charge in [-0.15, -0.1) is 0 Å². The first-order valence-electron chi connectivity index (χ1n) is 10.8. The second kappa shape index (κ2) is 7.55. The van der Waals surface area contributed by atoms with Crippen molar-refractivity contribution in [3.8, 4) is 0 Å². The van der Waals surface area contributed by atoms with Crippen LogP contribution in [0.2, 0.25) is 0 Å². The van der Waals surface area contributed by atoms with Crippen molar-refractivity contribution >= 4 is 21.4 Å². The Morgan fingerprint density at radius 2 is 1.73 bits per heavy atom. The minimum Gasteiger partial charge on any atom is -0.379 e. The van der Waals surface area contributed by atoms with Gasteiger partial charge in [-0.3, -0.25) is 0 Å². The van der Waals surface area contributed by atoms with Crippen LogP contribution in [0.15, 0.2) is 47.4 Å². The Kier molecular flexibility index (Phi) is 5.00. The van der Waals surface area contributed by atoms with Gasteiger partial charge in [-0.1, -0.05) is 29.8 Å². The standard InChI is InChI=1S/C23H29N3O3S/c1-17-5-7-19(8-6-17)18(2)26-22-16-20(30(27,28)24-12-14-29-15-13-24)9-10-21(22)25-11-3-4-23(25)26/h5-10,16,18,23H,3-4,11-15H2,1-2H3/t18-,23+/m1/s1. The molecule has 0 aliphatic carbocycles. The number of ether oxygens (including phenoxy) is 1. The van der Waals surface area contributed by atoms with Crippen LogP contribution in [0.5, 0.6) is 0 Å². The Balaban J connectivity index is 1.54. The summed E-state index contributed by atoms with van der Waals surface area (Å²) in [5, 5.41) is 0. The van der Waals surface area contributed by atoms with Gasteiger partial charge in [0.05, 0.1) is 35.5 Å². The molecule has 0 unspecified atom stereocenters. The highest BCUT2D eigenvalue weighted by atomic mass is 32.2. The van der Waals surface area contributed by atoms with Crippen molar-refractivity contribution < 1.29 is 13.2 Å². The van der Waals surface area contributed by atoms with Crippen LogP contribution in [0.3, 0.4) is 0 Å². The third kappa shape index (κ3) is 3.20. The summed E-state index contributed by atoms with van der Waals surface area (Å²) in [6.07, 6.45) is 2.54. The van der Waals surface area contributed by atoms with E-state index in [2.05, 4.69) is 47.9 Å². The van der Waals surface area contributed by atoms with Crippen LogP contribution in [-0.4, -0.2) is 51.7 Å². The van der Waals surface area contributed by atoms with Gasteiger partial charge in [0.25, 0.3) is 0 Å². The van der Waals surface area contributed by atoms with Crippen LogP contribution < -0.4 is 9.80 Å². The lowest BCUT2D eigenvalue weighted by atomic mass is 10.0. The van der Waals surface area contributed by atoms with E-state index in [9.17, 15) is 8.42 Å². The molecule has 2 aromatic carbocycles. The molecule has 3 aliphatic rings. The summed E-state index contributed by atoms with van der Waals surface area (Å²) < 4.78 is 33.4. The van der Waals surface area contributed by atoms with Crippen LogP contribution >= 0.6 is 0 Å². The maximum absolute atomic E-state index is 13.3. The number of nitrogens with zero attached hydrogens (tertiary/aromatic N) is 3. The van der Waals surface area contributed by atoms with E-state index in [1.807, 2.05) is 12.1 Å². The summed E-state index contributed by atoms with van der Waals surface area (Å²) in [5.41, 5.74) is 4.68. The van der Waals surface area contributed by atoms with Crippen molar-refractivity contribution in [1.82, 2.24) is 4.31 Å². The van der Waals surface area contributed by atoms with Gasteiger partial charge in [-0.25, -0.2) is 8.42 Å². The third-order valence-corrected chi connectivity index (χ3v) is 8.56. The van der Waals surface area contributed by atoms with Gasteiger partial charge in [0.15, 0.2) is 0 Å². The molecule has 0 bridgehead atoms. The van der Waals surface area contributed by atoms with Crippen LogP contribution in [0.25, 0.3) is 0 Å². The van der Waals surface area contributed by atoms with Gasteiger partial charge >= 0.3 is 0 Å². The topological polar surface area (TPSA) is 53.1 Å². The van der Waals surface area contributed by atoms with E-state index >= 15 is 0 Å². The second-order valence-electron chi connectivity index (χ2n) is 8.48. The average Bonchev–Trinajstić information content (AvgIpc) is 3.34. The first-order chi connectivity index (χ1) is 14.5. The monoisotopic (exact) mass is 427 g/mol. The fourth-order valence-electron chi connectivity index (χ4n) is 5.00. The highest BCUT2D eigenvalue weighted by Gasteiger charge is 2.42. The lowest BCUT2D eigenvalue weighted by Crippen LogP contribution is -2.41. The molecule has 160 valence electrons. The largest absolute Gasteiger partial charge is 0.379 e. The van der Waals surface area contributed by atoms with Crippen LogP contribution in [0.4, 0.5) is 11.4 Å². The van der Waals surface area contributed by atoms with E-state index in [4.69, 9.17) is 4.74 Å². The molecule has 30 heavy (non-hydrogen) atoms. The number of fused-ring (bicyclic) bond motifs is 3. The molecule has 3 heterocycles. The van der Waals surface area contributed by atoms with Gasteiger partial charge < -0.3 is 14.5 Å². The molecule has 0 saturated carbocycles. The second-order valence-corrected chi connectivity index (χ2v) is 10.4. The molecule has 0 amide bonds.